The molecule has 0 amide bonds. The van der Waals surface area contributed by atoms with Crippen LogP contribution in [-0.4, -0.2) is 19.6 Å². The van der Waals surface area contributed by atoms with Crippen molar-refractivity contribution < 1.29 is 27.1 Å². The van der Waals surface area contributed by atoms with Crippen LogP contribution in [0.2, 0.25) is 0 Å². The SMILES string of the molecule is O=C([O-])C1=CCCCC1S(=O)(=O)Nc1ccc(F)cc1F. The Hall–Kier alpha value is -1.96. The highest BCUT2D eigenvalue weighted by molar-refractivity contribution is 7.93. The van der Waals surface area contributed by atoms with Crippen LogP contribution in [0.3, 0.4) is 0 Å². The van der Waals surface area contributed by atoms with E-state index in [-0.39, 0.29) is 12.0 Å². The van der Waals surface area contributed by atoms with Gasteiger partial charge in [-0.2, -0.15) is 0 Å². The van der Waals surface area contributed by atoms with Crippen molar-refractivity contribution in [3.63, 3.8) is 0 Å². The number of carbonyl (C=O) groups is 1. The van der Waals surface area contributed by atoms with Crippen LogP contribution >= 0.6 is 0 Å². The second kappa shape index (κ2) is 5.80. The fourth-order valence-corrected chi connectivity index (χ4v) is 3.80. The van der Waals surface area contributed by atoms with Crippen molar-refractivity contribution in [2.24, 2.45) is 0 Å². The molecule has 5 nitrogen and oxygen atoms in total. The number of benzene rings is 1. The molecule has 0 saturated carbocycles. The van der Waals surface area contributed by atoms with Crippen LogP contribution in [0, 0.1) is 11.6 Å². The maximum Gasteiger partial charge on any atom is 0.239 e. The molecule has 1 aromatic carbocycles. The summed E-state index contributed by atoms with van der Waals surface area (Å²) in [7, 11) is -4.17. The Balaban J connectivity index is 2.31. The molecule has 0 aromatic heterocycles. The van der Waals surface area contributed by atoms with Gasteiger partial charge in [-0.1, -0.05) is 6.08 Å². The summed E-state index contributed by atoms with van der Waals surface area (Å²) < 4.78 is 52.7. The van der Waals surface area contributed by atoms with E-state index < -0.39 is 38.6 Å². The van der Waals surface area contributed by atoms with Crippen LogP contribution in [-0.2, 0) is 14.8 Å². The molecule has 1 unspecified atom stereocenters. The van der Waals surface area contributed by atoms with E-state index in [0.29, 0.717) is 18.9 Å². The topological polar surface area (TPSA) is 86.3 Å². The molecule has 0 spiro atoms. The van der Waals surface area contributed by atoms with Gasteiger partial charge in [0.05, 0.1) is 11.7 Å². The first-order valence-electron chi connectivity index (χ1n) is 6.19. The molecule has 114 valence electrons. The van der Waals surface area contributed by atoms with Crippen molar-refractivity contribution in [3.05, 3.63) is 41.5 Å². The number of rotatable bonds is 4. The Morgan fingerprint density at radius 3 is 2.67 bits per heavy atom. The molecule has 0 bridgehead atoms. The zero-order valence-corrected chi connectivity index (χ0v) is 11.6. The minimum atomic E-state index is -4.17. The molecule has 0 radical (unpaired) electrons. The standard InChI is InChI=1S/C13H13F2NO4S/c14-8-5-6-11(10(15)7-8)16-21(19,20)12-4-2-1-3-9(12)13(17)18/h3,5-7,12,16H,1-2,4H2,(H,17,18)/p-1. The number of allylic oxidation sites excluding steroid dienone is 1. The Kier molecular flexibility index (Phi) is 4.26. The molecule has 1 aliphatic carbocycles. The van der Waals surface area contributed by atoms with E-state index in [1.165, 1.54) is 6.08 Å². The summed E-state index contributed by atoms with van der Waals surface area (Å²) in [5.74, 6) is -3.48. The number of hydrogen-bond acceptors (Lipinski definition) is 4. The summed E-state index contributed by atoms with van der Waals surface area (Å²) in [6.07, 6.45) is 2.33. The van der Waals surface area contributed by atoms with Gasteiger partial charge in [-0.15, -0.1) is 0 Å². The molecule has 8 heteroatoms. The normalized spacial score (nSPS) is 19.0. The quantitative estimate of drug-likeness (QED) is 0.895. The summed E-state index contributed by atoms with van der Waals surface area (Å²) in [4.78, 5) is 11.0. The first-order valence-corrected chi connectivity index (χ1v) is 7.74. The molecule has 2 rings (SSSR count). The molecule has 1 atom stereocenters. The summed E-state index contributed by atoms with van der Waals surface area (Å²) in [5, 5.41) is 9.66. The second-order valence-corrected chi connectivity index (χ2v) is 6.50. The summed E-state index contributed by atoms with van der Waals surface area (Å²) in [6, 6.07) is 2.37. The van der Waals surface area contributed by atoms with Gasteiger partial charge < -0.3 is 9.90 Å². The highest BCUT2D eigenvalue weighted by Crippen LogP contribution is 2.27. The lowest BCUT2D eigenvalue weighted by Crippen LogP contribution is -2.39. The van der Waals surface area contributed by atoms with Gasteiger partial charge in [0, 0.05) is 6.07 Å². The Morgan fingerprint density at radius 1 is 1.33 bits per heavy atom. The Morgan fingerprint density at radius 2 is 2.05 bits per heavy atom. The first kappa shape index (κ1) is 15.4. The van der Waals surface area contributed by atoms with Crippen molar-refractivity contribution in [2.75, 3.05) is 4.72 Å². The predicted molar refractivity (Wildman–Crippen MR) is 69.6 cm³/mol. The maximum atomic E-state index is 13.5. The fraction of sp³-hybridized carbons (Fsp3) is 0.308. The van der Waals surface area contributed by atoms with Crippen LogP contribution in [0.15, 0.2) is 29.8 Å². The number of carboxylic acids is 1. The number of carbonyl (C=O) groups excluding carboxylic acids is 1. The lowest BCUT2D eigenvalue weighted by molar-refractivity contribution is -0.299. The van der Waals surface area contributed by atoms with Crippen LogP contribution in [0.25, 0.3) is 0 Å². The molecule has 1 aliphatic rings. The number of anilines is 1. The van der Waals surface area contributed by atoms with Gasteiger partial charge >= 0.3 is 0 Å². The lowest BCUT2D eigenvalue weighted by Gasteiger charge is -2.25. The molecule has 21 heavy (non-hydrogen) atoms. The highest BCUT2D eigenvalue weighted by Gasteiger charge is 2.31. The lowest BCUT2D eigenvalue weighted by atomic mass is 9.99. The van der Waals surface area contributed by atoms with Crippen molar-refractivity contribution in [1.82, 2.24) is 0 Å². The molecule has 0 fully saturated rings. The van der Waals surface area contributed by atoms with E-state index in [4.69, 9.17) is 0 Å². The van der Waals surface area contributed by atoms with Crippen LogP contribution in [0.5, 0.6) is 0 Å². The van der Waals surface area contributed by atoms with E-state index in [1.54, 1.807) is 0 Å². The van der Waals surface area contributed by atoms with E-state index in [0.717, 1.165) is 12.1 Å². The van der Waals surface area contributed by atoms with Gasteiger partial charge in [-0.3, -0.25) is 4.72 Å². The molecule has 0 saturated heterocycles. The van der Waals surface area contributed by atoms with Gasteiger partial charge in [-0.25, -0.2) is 17.2 Å². The maximum absolute atomic E-state index is 13.5. The third kappa shape index (κ3) is 3.38. The summed E-state index contributed by atoms with van der Waals surface area (Å²) in [5.41, 5.74) is -0.768. The largest absolute Gasteiger partial charge is 0.545 e. The van der Waals surface area contributed by atoms with E-state index in [1.807, 2.05) is 4.72 Å². The van der Waals surface area contributed by atoms with E-state index in [2.05, 4.69) is 0 Å². The summed E-state index contributed by atoms with van der Waals surface area (Å²) in [6.45, 7) is 0. The highest BCUT2D eigenvalue weighted by atomic mass is 32.2. The van der Waals surface area contributed by atoms with Gasteiger partial charge in [0.15, 0.2) is 0 Å². The van der Waals surface area contributed by atoms with Crippen molar-refractivity contribution in [1.29, 1.82) is 0 Å². The van der Waals surface area contributed by atoms with Crippen molar-refractivity contribution >= 4 is 21.7 Å². The van der Waals surface area contributed by atoms with Gasteiger partial charge in [0.25, 0.3) is 0 Å². The number of hydrogen-bond donors (Lipinski definition) is 1. The smallest absolute Gasteiger partial charge is 0.239 e. The molecular weight excluding hydrogens is 304 g/mol. The minimum absolute atomic E-state index is 0.0952. The third-order valence-corrected chi connectivity index (χ3v) is 4.92. The second-order valence-electron chi connectivity index (χ2n) is 4.64. The van der Waals surface area contributed by atoms with Crippen molar-refractivity contribution in [3.8, 4) is 0 Å². The average Bonchev–Trinajstić information content (AvgIpc) is 2.42. The molecule has 0 aliphatic heterocycles. The zero-order chi connectivity index (χ0) is 15.6. The Bertz CT molecular complexity index is 700. The number of halogens is 2. The van der Waals surface area contributed by atoms with Crippen LogP contribution < -0.4 is 9.83 Å². The number of sulfonamides is 1. The molecule has 1 aromatic rings. The first-order chi connectivity index (χ1) is 9.81. The monoisotopic (exact) mass is 316 g/mol. The molecular formula is C13H12F2NO4S-. The van der Waals surface area contributed by atoms with Crippen molar-refractivity contribution in [2.45, 2.75) is 24.5 Å². The third-order valence-electron chi connectivity index (χ3n) is 3.18. The van der Waals surface area contributed by atoms with Crippen LogP contribution in [0.1, 0.15) is 19.3 Å². The minimum Gasteiger partial charge on any atom is -0.545 e. The average molecular weight is 316 g/mol. The molecule has 0 heterocycles. The van der Waals surface area contributed by atoms with E-state index in [9.17, 15) is 27.1 Å². The zero-order valence-electron chi connectivity index (χ0n) is 10.8. The fourth-order valence-electron chi connectivity index (χ4n) is 2.18. The van der Waals surface area contributed by atoms with Gasteiger partial charge in [0.2, 0.25) is 10.0 Å². The number of nitrogens with one attached hydrogen (secondary N) is 1. The number of carboxylic acid groups (broad SMARTS) is 1. The summed E-state index contributed by atoms with van der Waals surface area (Å²) >= 11 is 0. The predicted octanol–water partition coefficient (Wildman–Crippen LogP) is 0.935. The van der Waals surface area contributed by atoms with Gasteiger partial charge in [-0.05, 0) is 37.0 Å². The molecule has 1 N–H and O–H groups in total. The van der Waals surface area contributed by atoms with Gasteiger partial charge in [0.1, 0.15) is 16.9 Å². The number of aliphatic carboxylic acids is 1. The van der Waals surface area contributed by atoms with E-state index >= 15 is 0 Å². The Labute approximate surface area is 120 Å². The van der Waals surface area contributed by atoms with Crippen LogP contribution in [0.4, 0.5) is 14.5 Å².